The predicted octanol–water partition coefficient (Wildman–Crippen LogP) is 5.94. The van der Waals surface area contributed by atoms with E-state index in [1.807, 2.05) is 6.07 Å². The first-order valence-corrected chi connectivity index (χ1v) is 12.7. The van der Waals surface area contributed by atoms with Gasteiger partial charge in [-0.25, -0.2) is 4.89 Å². The van der Waals surface area contributed by atoms with Gasteiger partial charge in [-0.2, -0.15) is 4.89 Å². The SMILES string of the molecule is CC(C)(COCCCCCCCCCCC(=O)O)C12OOC1(c1cccc(O)c1)OCC2(C)C. The van der Waals surface area contributed by atoms with Crippen molar-refractivity contribution < 1.29 is 34.3 Å². The molecular formula is C27H42O7. The highest BCUT2D eigenvalue weighted by Gasteiger charge is 2.82. The number of fused-ring (bicyclic) bond motifs is 1. The van der Waals surface area contributed by atoms with Crippen LogP contribution >= 0.6 is 0 Å². The number of carboxylic acid groups (broad SMARTS) is 1. The van der Waals surface area contributed by atoms with Gasteiger partial charge in [0, 0.05) is 29.4 Å². The molecule has 2 aliphatic heterocycles. The Hall–Kier alpha value is -1.67. The van der Waals surface area contributed by atoms with Crippen LogP contribution in [0.5, 0.6) is 5.75 Å². The molecule has 2 atom stereocenters. The maximum atomic E-state index is 10.5. The Morgan fingerprint density at radius 3 is 2.26 bits per heavy atom. The second-order valence-corrected chi connectivity index (χ2v) is 11.1. The molecule has 0 spiro atoms. The molecule has 0 bridgehead atoms. The minimum Gasteiger partial charge on any atom is -0.508 e. The number of carboxylic acids is 1. The van der Waals surface area contributed by atoms with E-state index in [1.54, 1.807) is 18.2 Å². The highest BCUT2D eigenvalue weighted by molar-refractivity contribution is 5.66. The van der Waals surface area contributed by atoms with E-state index in [9.17, 15) is 9.90 Å². The summed E-state index contributed by atoms with van der Waals surface area (Å²) in [6.07, 6.45) is 8.84. The van der Waals surface area contributed by atoms with Gasteiger partial charge in [0.15, 0.2) is 5.60 Å². The van der Waals surface area contributed by atoms with Crippen LogP contribution < -0.4 is 0 Å². The molecule has 2 fully saturated rings. The summed E-state index contributed by atoms with van der Waals surface area (Å²) < 4.78 is 12.4. The van der Waals surface area contributed by atoms with Crippen molar-refractivity contribution >= 4 is 5.97 Å². The van der Waals surface area contributed by atoms with Crippen molar-refractivity contribution in [2.45, 2.75) is 96.9 Å². The van der Waals surface area contributed by atoms with Crippen molar-refractivity contribution in [1.29, 1.82) is 0 Å². The number of carbonyl (C=O) groups is 1. The molecule has 7 heteroatoms. The molecule has 1 aromatic carbocycles. The smallest absolute Gasteiger partial charge is 0.303 e. The van der Waals surface area contributed by atoms with E-state index < -0.39 is 22.8 Å². The van der Waals surface area contributed by atoms with E-state index in [4.69, 9.17) is 24.4 Å². The maximum Gasteiger partial charge on any atom is 0.303 e. The lowest BCUT2D eigenvalue weighted by Gasteiger charge is -2.61. The predicted molar refractivity (Wildman–Crippen MR) is 128 cm³/mol. The Morgan fingerprint density at radius 1 is 1.03 bits per heavy atom. The van der Waals surface area contributed by atoms with Crippen LogP contribution in [0.25, 0.3) is 0 Å². The fourth-order valence-electron chi connectivity index (χ4n) is 5.76. The number of hydrogen-bond donors (Lipinski definition) is 2. The Kier molecular flexibility index (Phi) is 8.66. The summed E-state index contributed by atoms with van der Waals surface area (Å²) in [5.41, 5.74) is -0.748. The number of phenolic OH excluding ortho intramolecular Hbond substituents is 1. The molecule has 2 N–H and O–H groups in total. The number of phenols is 1. The van der Waals surface area contributed by atoms with E-state index in [0.717, 1.165) is 37.7 Å². The second kappa shape index (κ2) is 10.9. The van der Waals surface area contributed by atoms with Gasteiger partial charge in [0.2, 0.25) is 0 Å². The summed E-state index contributed by atoms with van der Waals surface area (Å²) in [6.45, 7) is 10.2. The molecule has 34 heavy (non-hydrogen) atoms. The molecule has 3 rings (SSSR count). The van der Waals surface area contributed by atoms with E-state index in [0.29, 0.717) is 19.8 Å². The number of aromatic hydroxyl groups is 1. The van der Waals surface area contributed by atoms with Crippen LogP contribution in [0.1, 0.15) is 91.0 Å². The number of benzene rings is 1. The van der Waals surface area contributed by atoms with Gasteiger partial charge in [0.05, 0.1) is 13.2 Å². The largest absolute Gasteiger partial charge is 0.508 e. The molecule has 7 nitrogen and oxygen atoms in total. The highest BCUT2D eigenvalue weighted by Crippen LogP contribution is 2.69. The van der Waals surface area contributed by atoms with E-state index in [-0.39, 0.29) is 17.6 Å². The van der Waals surface area contributed by atoms with E-state index in [2.05, 4.69) is 27.7 Å². The van der Waals surface area contributed by atoms with Crippen LogP contribution in [0.15, 0.2) is 24.3 Å². The first-order chi connectivity index (χ1) is 16.1. The van der Waals surface area contributed by atoms with Gasteiger partial charge < -0.3 is 19.7 Å². The third-order valence-electron chi connectivity index (χ3n) is 7.41. The summed E-state index contributed by atoms with van der Waals surface area (Å²) in [7, 11) is 0. The first-order valence-electron chi connectivity index (χ1n) is 12.7. The Balaban J connectivity index is 1.45. The number of ether oxygens (including phenoxy) is 2. The lowest BCUT2D eigenvalue weighted by molar-refractivity contribution is -0.628. The third kappa shape index (κ3) is 5.13. The molecule has 0 aliphatic carbocycles. The molecule has 192 valence electrons. The maximum absolute atomic E-state index is 10.5. The minimum atomic E-state index is -1.08. The summed E-state index contributed by atoms with van der Waals surface area (Å²) in [5.74, 6) is -1.61. The molecule has 0 aromatic heterocycles. The third-order valence-corrected chi connectivity index (χ3v) is 7.41. The van der Waals surface area contributed by atoms with Gasteiger partial charge in [-0.3, -0.25) is 4.79 Å². The standard InChI is InChI=1S/C27H42O7/c1-24(2,19-31-17-12-10-8-6-5-7-9-11-16-23(29)30)27-25(3,4)20-32-26(27,33-34-27)21-14-13-15-22(28)18-21/h13-15,18,28H,5-12,16-17,19-20H2,1-4H3,(H,29,30). The lowest BCUT2D eigenvalue weighted by atomic mass is 9.57. The van der Waals surface area contributed by atoms with Crippen molar-refractivity contribution in [3.8, 4) is 5.75 Å². The van der Waals surface area contributed by atoms with Gasteiger partial charge in [0.1, 0.15) is 5.75 Å². The Morgan fingerprint density at radius 2 is 1.68 bits per heavy atom. The van der Waals surface area contributed by atoms with E-state index in [1.165, 1.54) is 19.3 Å². The Labute approximate surface area is 203 Å². The van der Waals surface area contributed by atoms with Crippen molar-refractivity contribution in [1.82, 2.24) is 0 Å². The topological polar surface area (TPSA) is 94.5 Å². The van der Waals surface area contributed by atoms with Crippen molar-refractivity contribution in [3.63, 3.8) is 0 Å². The summed E-state index contributed by atoms with van der Waals surface area (Å²) in [5, 5.41) is 18.7. The van der Waals surface area contributed by atoms with Crippen LogP contribution in [0, 0.1) is 10.8 Å². The monoisotopic (exact) mass is 478 g/mol. The average molecular weight is 479 g/mol. The summed E-state index contributed by atoms with van der Waals surface area (Å²) in [6, 6.07) is 7.01. The molecule has 0 radical (unpaired) electrons. The normalized spacial score (nSPS) is 25.6. The van der Waals surface area contributed by atoms with Crippen LogP contribution in [-0.4, -0.2) is 41.6 Å². The molecule has 2 heterocycles. The van der Waals surface area contributed by atoms with Crippen molar-refractivity contribution in [2.24, 2.45) is 10.8 Å². The number of aliphatic carboxylic acids is 1. The van der Waals surface area contributed by atoms with Crippen LogP contribution in [0.2, 0.25) is 0 Å². The molecule has 2 unspecified atom stereocenters. The fraction of sp³-hybridized carbons (Fsp3) is 0.741. The first kappa shape index (κ1) is 26.9. The zero-order valence-corrected chi connectivity index (χ0v) is 21.2. The van der Waals surface area contributed by atoms with Crippen molar-refractivity contribution in [2.75, 3.05) is 19.8 Å². The number of rotatable bonds is 15. The zero-order chi connectivity index (χ0) is 24.9. The quantitative estimate of drug-likeness (QED) is 0.238. The van der Waals surface area contributed by atoms with E-state index >= 15 is 0 Å². The molecule has 2 saturated heterocycles. The van der Waals surface area contributed by atoms with Gasteiger partial charge in [-0.15, -0.1) is 0 Å². The minimum absolute atomic E-state index is 0.166. The molecule has 0 saturated carbocycles. The zero-order valence-electron chi connectivity index (χ0n) is 21.2. The second-order valence-electron chi connectivity index (χ2n) is 11.1. The fourth-order valence-corrected chi connectivity index (χ4v) is 5.76. The average Bonchev–Trinajstić information content (AvgIpc) is 2.90. The van der Waals surface area contributed by atoms with Gasteiger partial charge in [0.25, 0.3) is 5.79 Å². The lowest BCUT2D eigenvalue weighted by Crippen LogP contribution is -2.74. The molecule has 0 amide bonds. The number of hydrogen-bond acceptors (Lipinski definition) is 6. The van der Waals surface area contributed by atoms with Crippen molar-refractivity contribution in [3.05, 3.63) is 29.8 Å². The van der Waals surface area contributed by atoms with Crippen LogP contribution in [0.3, 0.4) is 0 Å². The van der Waals surface area contributed by atoms with Crippen LogP contribution in [-0.2, 0) is 29.8 Å². The summed E-state index contributed by atoms with van der Waals surface area (Å²) >= 11 is 0. The summed E-state index contributed by atoms with van der Waals surface area (Å²) in [4.78, 5) is 22.2. The molecule has 2 aliphatic rings. The highest BCUT2D eigenvalue weighted by atomic mass is 17.3. The van der Waals surface area contributed by atoms with Crippen LogP contribution in [0.4, 0.5) is 0 Å². The molecular weight excluding hydrogens is 436 g/mol. The van der Waals surface area contributed by atoms with Gasteiger partial charge >= 0.3 is 5.97 Å². The van der Waals surface area contributed by atoms with Gasteiger partial charge in [-0.1, -0.05) is 78.4 Å². The Bertz CT molecular complexity index is 821. The number of unbranched alkanes of at least 4 members (excludes halogenated alkanes) is 7. The van der Waals surface area contributed by atoms with Gasteiger partial charge in [-0.05, 0) is 25.0 Å². The molecule has 1 aromatic rings.